The number of rotatable bonds is 3. The minimum atomic E-state index is -0.0746. The molecule has 0 saturated carbocycles. The predicted octanol–water partition coefficient (Wildman–Crippen LogP) is 1.92. The van der Waals surface area contributed by atoms with Crippen LogP contribution in [0.3, 0.4) is 0 Å². The molecule has 0 aromatic rings. The van der Waals surface area contributed by atoms with E-state index in [4.69, 9.17) is 4.74 Å². The van der Waals surface area contributed by atoms with E-state index in [-0.39, 0.29) is 17.3 Å². The van der Waals surface area contributed by atoms with Gasteiger partial charge in [0.1, 0.15) is 0 Å². The zero-order valence-corrected chi connectivity index (χ0v) is 10.4. The van der Waals surface area contributed by atoms with E-state index in [0.717, 1.165) is 19.6 Å². The molecule has 88 valence electrons. The number of likely N-dealkylation sites (tertiary alicyclic amines) is 1. The summed E-state index contributed by atoms with van der Waals surface area (Å²) in [5, 5.41) is 0. The fourth-order valence-electron chi connectivity index (χ4n) is 2.07. The monoisotopic (exact) mass is 213 g/mol. The third kappa shape index (κ3) is 3.49. The summed E-state index contributed by atoms with van der Waals surface area (Å²) >= 11 is 0. The summed E-state index contributed by atoms with van der Waals surface area (Å²) in [6, 6.07) is 0. The third-order valence-electron chi connectivity index (χ3n) is 3.17. The first-order valence-electron chi connectivity index (χ1n) is 5.75. The van der Waals surface area contributed by atoms with Crippen molar-refractivity contribution in [1.29, 1.82) is 0 Å². The van der Waals surface area contributed by atoms with Gasteiger partial charge in [-0.05, 0) is 31.3 Å². The second-order valence-electron chi connectivity index (χ2n) is 5.45. The van der Waals surface area contributed by atoms with Crippen molar-refractivity contribution >= 4 is 5.97 Å². The second kappa shape index (κ2) is 4.97. The molecule has 0 bridgehead atoms. The number of carbonyl (C=O) groups excluding carboxylic acids is 1. The largest absolute Gasteiger partial charge is 0.469 e. The van der Waals surface area contributed by atoms with E-state index < -0.39 is 0 Å². The van der Waals surface area contributed by atoms with Crippen molar-refractivity contribution in [3.63, 3.8) is 0 Å². The van der Waals surface area contributed by atoms with Crippen molar-refractivity contribution < 1.29 is 9.53 Å². The Morgan fingerprint density at radius 1 is 1.33 bits per heavy atom. The smallest absolute Gasteiger partial charge is 0.310 e. The van der Waals surface area contributed by atoms with Crippen LogP contribution in [0.15, 0.2) is 0 Å². The quantitative estimate of drug-likeness (QED) is 0.671. The first-order valence-corrected chi connectivity index (χ1v) is 5.75. The van der Waals surface area contributed by atoms with E-state index in [9.17, 15) is 4.79 Å². The van der Waals surface area contributed by atoms with Gasteiger partial charge in [-0.1, -0.05) is 20.8 Å². The fourth-order valence-corrected chi connectivity index (χ4v) is 2.07. The Balaban J connectivity index is 2.60. The maximum absolute atomic E-state index is 11.7. The van der Waals surface area contributed by atoms with Crippen LogP contribution in [0.1, 0.15) is 33.6 Å². The molecule has 3 nitrogen and oxygen atoms in total. The van der Waals surface area contributed by atoms with E-state index in [1.54, 1.807) is 0 Å². The van der Waals surface area contributed by atoms with E-state index >= 15 is 0 Å². The summed E-state index contributed by atoms with van der Waals surface area (Å²) < 4.78 is 4.88. The number of nitrogens with zero attached hydrogens (tertiary/aromatic N) is 1. The molecular weight excluding hydrogens is 190 g/mol. The molecule has 1 unspecified atom stereocenters. The molecule has 1 rings (SSSR count). The molecule has 1 aliphatic rings. The molecule has 0 spiro atoms. The van der Waals surface area contributed by atoms with Crippen LogP contribution in [0.5, 0.6) is 0 Å². The van der Waals surface area contributed by atoms with Crippen LogP contribution in [-0.4, -0.2) is 37.6 Å². The highest BCUT2D eigenvalue weighted by Crippen LogP contribution is 2.28. The Morgan fingerprint density at radius 3 is 2.27 bits per heavy atom. The lowest BCUT2D eigenvalue weighted by Crippen LogP contribution is -2.39. The van der Waals surface area contributed by atoms with Crippen molar-refractivity contribution in [2.45, 2.75) is 33.6 Å². The lowest BCUT2D eigenvalue weighted by molar-refractivity contribution is -0.150. The van der Waals surface area contributed by atoms with Gasteiger partial charge in [0.2, 0.25) is 0 Å². The van der Waals surface area contributed by atoms with Gasteiger partial charge in [0, 0.05) is 6.54 Å². The van der Waals surface area contributed by atoms with Crippen LogP contribution in [0, 0.1) is 11.3 Å². The van der Waals surface area contributed by atoms with Gasteiger partial charge in [0.25, 0.3) is 0 Å². The van der Waals surface area contributed by atoms with Crippen LogP contribution in [-0.2, 0) is 9.53 Å². The van der Waals surface area contributed by atoms with Crippen molar-refractivity contribution in [2.75, 3.05) is 26.7 Å². The number of ether oxygens (including phenoxy) is 1. The molecule has 1 saturated heterocycles. The van der Waals surface area contributed by atoms with E-state index in [1.807, 2.05) is 0 Å². The van der Waals surface area contributed by atoms with Gasteiger partial charge in [0.05, 0.1) is 13.0 Å². The minimum Gasteiger partial charge on any atom is -0.469 e. The van der Waals surface area contributed by atoms with Crippen LogP contribution in [0.2, 0.25) is 0 Å². The zero-order valence-electron chi connectivity index (χ0n) is 10.4. The van der Waals surface area contributed by atoms with E-state index in [2.05, 4.69) is 25.7 Å². The lowest BCUT2D eigenvalue weighted by atomic mass is 9.80. The predicted molar refractivity (Wildman–Crippen MR) is 60.6 cm³/mol. The second-order valence-corrected chi connectivity index (χ2v) is 5.45. The fraction of sp³-hybridized carbons (Fsp3) is 0.917. The molecule has 0 aromatic carbocycles. The van der Waals surface area contributed by atoms with Crippen LogP contribution < -0.4 is 0 Å². The Hall–Kier alpha value is -0.570. The van der Waals surface area contributed by atoms with E-state index in [1.165, 1.54) is 20.0 Å². The Bertz CT molecular complexity index is 214. The lowest BCUT2D eigenvalue weighted by Gasteiger charge is -2.31. The van der Waals surface area contributed by atoms with Gasteiger partial charge in [-0.3, -0.25) is 4.79 Å². The van der Waals surface area contributed by atoms with Gasteiger partial charge < -0.3 is 9.64 Å². The molecule has 0 aromatic heterocycles. The highest BCUT2D eigenvalue weighted by atomic mass is 16.5. The molecule has 1 atom stereocenters. The highest BCUT2D eigenvalue weighted by molar-refractivity contribution is 5.73. The summed E-state index contributed by atoms with van der Waals surface area (Å²) in [5.41, 5.74) is -0.0182. The number of carbonyl (C=O) groups is 1. The molecule has 1 fully saturated rings. The molecule has 15 heavy (non-hydrogen) atoms. The molecule has 1 aliphatic heterocycles. The summed E-state index contributed by atoms with van der Waals surface area (Å²) in [7, 11) is 1.48. The SMILES string of the molecule is COC(=O)C(CN1CCCC1)C(C)(C)C. The molecule has 3 heteroatoms. The average Bonchev–Trinajstić information content (AvgIpc) is 2.63. The normalized spacial score (nSPS) is 20.3. The van der Waals surface area contributed by atoms with E-state index in [0.29, 0.717) is 0 Å². The van der Waals surface area contributed by atoms with Crippen molar-refractivity contribution in [2.24, 2.45) is 11.3 Å². The van der Waals surface area contributed by atoms with Crippen LogP contribution in [0.4, 0.5) is 0 Å². The summed E-state index contributed by atoms with van der Waals surface area (Å²) in [4.78, 5) is 14.1. The summed E-state index contributed by atoms with van der Waals surface area (Å²) in [6.07, 6.45) is 2.52. The van der Waals surface area contributed by atoms with Crippen LogP contribution >= 0.6 is 0 Å². The van der Waals surface area contributed by atoms with Crippen molar-refractivity contribution in [1.82, 2.24) is 4.90 Å². The zero-order chi connectivity index (χ0) is 11.5. The molecule has 0 radical (unpaired) electrons. The topological polar surface area (TPSA) is 29.5 Å². The average molecular weight is 213 g/mol. The number of esters is 1. The summed E-state index contributed by atoms with van der Waals surface area (Å²) in [6.45, 7) is 9.41. The standard InChI is InChI=1S/C12H23NO2/c1-12(2,3)10(11(14)15-4)9-13-7-5-6-8-13/h10H,5-9H2,1-4H3. The van der Waals surface area contributed by atoms with Crippen LogP contribution in [0.25, 0.3) is 0 Å². The first-order chi connectivity index (χ1) is 6.95. The Labute approximate surface area is 92.8 Å². The van der Waals surface area contributed by atoms with Crippen molar-refractivity contribution in [3.05, 3.63) is 0 Å². The van der Waals surface area contributed by atoms with Gasteiger partial charge in [-0.15, -0.1) is 0 Å². The Morgan fingerprint density at radius 2 is 1.87 bits per heavy atom. The molecule has 0 amide bonds. The molecule has 1 heterocycles. The molecule has 0 aliphatic carbocycles. The number of methoxy groups -OCH3 is 1. The Kier molecular flexibility index (Phi) is 4.14. The number of hydrogen-bond donors (Lipinski definition) is 0. The van der Waals surface area contributed by atoms with Gasteiger partial charge in [-0.25, -0.2) is 0 Å². The van der Waals surface area contributed by atoms with Gasteiger partial charge >= 0.3 is 5.97 Å². The third-order valence-corrected chi connectivity index (χ3v) is 3.17. The first kappa shape index (κ1) is 12.5. The van der Waals surface area contributed by atoms with Crippen molar-refractivity contribution in [3.8, 4) is 0 Å². The maximum atomic E-state index is 11.7. The molecular formula is C12H23NO2. The summed E-state index contributed by atoms with van der Waals surface area (Å²) in [5.74, 6) is -0.0880. The molecule has 0 N–H and O–H groups in total. The highest BCUT2D eigenvalue weighted by Gasteiger charge is 2.34. The van der Waals surface area contributed by atoms with Gasteiger partial charge in [0.15, 0.2) is 0 Å². The minimum absolute atomic E-state index is 0.0133. The maximum Gasteiger partial charge on any atom is 0.310 e. The van der Waals surface area contributed by atoms with Gasteiger partial charge in [-0.2, -0.15) is 0 Å². The number of hydrogen-bond acceptors (Lipinski definition) is 3.